The van der Waals surface area contributed by atoms with Crippen LogP contribution in [0.25, 0.3) is 0 Å². The summed E-state index contributed by atoms with van der Waals surface area (Å²) in [4.78, 5) is 0.145. The zero-order chi connectivity index (χ0) is 16.8. The summed E-state index contributed by atoms with van der Waals surface area (Å²) >= 11 is 0. The van der Waals surface area contributed by atoms with Crippen LogP contribution in [0.3, 0.4) is 0 Å². The summed E-state index contributed by atoms with van der Waals surface area (Å²) in [5, 5.41) is 0. The Morgan fingerprint density at radius 1 is 1.00 bits per heavy atom. The Balaban J connectivity index is 1.60. The van der Waals surface area contributed by atoms with Crippen LogP contribution in [0.4, 0.5) is 0 Å². The van der Waals surface area contributed by atoms with E-state index in [-0.39, 0.29) is 18.0 Å². The van der Waals surface area contributed by atoms with Crippen LogP contribution in [0.2, 0.25) is 0 Å². The van der Waals surface area contributed by atoms with Crippen molar-refractivity contribution in [1.82, 2.24) is 4.72 Å². The van der Waals surface area contributed by atoms with Crippen molar-refractivity contribution < 1.29 is 22.6 Å². The van der Waals surface area contributed by atoms with Crippen molar-refractivity contribution in [1.29, 1.82) is 0 Å². The third-order valence-corrected chi connectivity index (χ3v) is 4.89. The molecule has 0 aromatic heterocycles. The highest BCUT2D eigenvalue weighted by Gasteiger charge is 2.18. The Labute approximate surface area is 141 Å². The van der Waals surface area contributed by atoms with Gasteiger partial charge in [-0.1, -0.05) is 18.2 Å². The number of para-hydroxylation sites is 1. The number of rotatable bonds is 6. The summed E-state index contributed by atoms with van der Waals surface area (Å²) in [6.07, 6.45) is 0.770. The van der Waals surface area contributed by atoms with E-state index < -0.39 is 10.0 Å². The molecule has 0 fully saturated rings. The molecule has 1 aliphatic rings. The van der Waals surface area contributed by atoms with Crippen molar-refractivity contribution in [3.05, 3.63) is 48.5 Å². The zero-order valence-corrected chi connectivity index (χ0v) is 13.9. The molecule has 1 aliphatic heterocycles. The van der Waals surface area contributed by atoms with Gasteiger partial charge in [0.05, 0.1) is 18.1 Å². The fourth-order valence-corrected chi connectivity index (χ4v) is 3.28. The molecule has 6 nitrogen and oxygen atoms in total. The first-order valence-corrected chi connectivity index (χ1v) is 9.21. The molecular formula is C17H19NO5S. The number of hydrogen-bond donors (Lipinski definition) is 1. The van der Waals surface area contributed by atoms with Gasteiger partial charge >= 0.3 is 0 Å². The molecule has 1 heterocycles. The van der Waals surface area contributed by atoms with Gasteiger partial charge in [0.2, 0.25) is 10.0 Å². The first-order chi connectivity index (χ1) is 11.6. The van der Waals surface area contributed by atoms with Gasteiger partial charge in [-0.05, 0) is 24.3 Å². The molecule has 0 amide bonds. The second-order valence-electron chi connectivity index (χ2n) is 5.22. The highest BCUT2D eigenvalue weighted by atomic mass is 32.2. The molecule has 24 heavy (non-hydrogen) atoms. The summed E-state index contributed by atoms with van der Waals surface area (Å²) < 4.78 is 43.7. The zero-order valence-electron chi connectivity index (χ0n) is 13.1. The Morgan fingerprint density at radius 2 is 1.75 bits per heavy atom. The van der Waals surface area contributed by atoms with Gasteiger partial charge in [-0.15, -0.1) is 0 Å². The Bertz CT molecular complexity index is 777. The van der Waals surface area contributed by atoms with Crippen LogP contribution >= 0.6 is 0 Å². The van der Waals surface area contributed by atoms with Gasteiger partial charge in [0.25, 0.3) is 0 Å². The topological polar surface area (TPSA) is 73.9 Å². The van der Waals surface area contributed by atoms with Gasteiger partial charge < -0.3 is 14.2 Å². The van der Waals surface area contributed by atoms with E-state index in [1.165, 1.54) is 12.1 Å². The number of ether oxygens (including phenoxy) is 3. The summed E-state index contributed by atoms with van der Waals surface area (Å²) in [6.45, 7) is 1.49. The van der Waals surface area contributed by atoms with Crippen LogP contribution < -0.4 is 18.9 Å². The molecule has 0 aliphatic carbocycles. The van der Waals surface area contributed by atoms with E-state index in [9.17, 15) is 8.42 Å². The molecule has 0 saturated heterocycles. The monoisotopic (exact) mass is 349 g/mol. The largest absolute Gasteiger partial charge is 0.492 e. The van der Waals surface area contributed by atoms with E-state index in [0.717, 1.165) is 6.42 Å². The van der Waals surface area contributed by atoms with E-state index in [1.807, 2.05) is 30.3 Å². The third kappa shape index (κ3) is 4.18. The van der Waals surface area contributed by atoms with Crippen LogP contribution in [0.1, 0.15) is 6.42 Å². The smallest absolute Gasteiger partial charge is 0.240 e. The normalized spacial score (nSPS) is 14.0. The fourth-order valence-electron chi connectivity index (χ4n) is 2.26. The minimum atomic E-state index is -3.63. The van der Waals surface area contributed by atoms with Crippen LogP contribution in [-0.2, 0) is 10.0 Å². The molecule has 0 saturated carbocycles. The van der Waals surface area contributed by atoms with Gasteiger partial charge in [0.1, 0.15) is 12.4 Å². The Kier molecular flexibility index (Phi) is 5.22. The van der Waals surface area contributed by atoms with E-state index in [4.69, 9.17) is 14.2 Å². The molecule has 7 heteroatoms. The van der Waals surface area contributed by atoms with Gasteiger partial charge in [0.15, 0.2) is 11.5 Å². The summed E-state index contributed by atoms with van der Waals surface area (Å²) in [5.41, 5.74) is 0. The van der Waals surface area contributed by atoms with Gasteiger partial charge in [-0.2, -0.15) is 0 Å². The van der Waals surface area contributed by atoms with Crippen molar-refractivity contribution in [2.45, 2.75) is 11.3 Å². The highest BCUT2D eigenvalue weighted by Crippen LogP contribution is 2.31. The van der Waals surface area contributed by atoms with Crippen LogP contribution in [0, 0.1) is 0 Å². The predicted octanol–water partition coefficient (Wildman–Crippen LogP) is 2.21. The lowest BCUT2D eigenvalue weighted by molar-refractivity contribution is 0.297. The lowest BCUT2D eigenvalue weighted by Gasteiger charge is -2.11. The second-order valence-corrected chi connectivity index (χ2v) is 6.99. The van der Waals surface area contributed by atoms with E-state index in [1.54, 1.807) is 6.07 Å². The molecule has 0 bridgehead atoms. The van der Waals surface area contributed by atoms with Crippen molar-refractivity contribution in [3.63, 3.8) is 0 Å². The highest BCUT2D eigenvalue weighted by molar-refractivity contribution is 7.89. The molecule has 0 atom stereocenters. The molecule has 1 N–H and O–H groups in total. The number of nitrogens with one attached hydrogen (secondary N) is 1. The number of sulfonamides is 1. The number of fused-ring (bicyclic) bond motifs is 1. The van der Waals surface area contributed by atoms with Crippen LogP contribution in [0.15, 0.2) is 53.4 Å². The van der Waals surface area contributed by atoms with E-state index in [0.29, 0.717) is 30.5 Å². The van der Waals surface area contributed by atoms with Gasteiger partial charge in [0, 0.05) is 19.0 Å². The maximum absolute atomic E-state index is 12.4. The maximum atomic E-state index is 12.4. The van der Waals surface area contributed by atoms with Crippen molar-refractivity contribution in [2.24, 2.45) is 0 Å². The van der Waals surface area contributed by atoms with Crippen molar-refractivity contribution in [3.8, 4) is 17.2 Å². The fraction of sp³-hybridized carbons (Fsp3) is 0.294. The molecule has 0 unspecified atom stereocenters. The number of benzene rings is 2. The first-order valence-electron chi connectivity index (χ1n) is 7.72. The summed E-state index contributed by atoms with van der Waals surface area (Å²) in [6, 6.07) is 13.9. The molecule has 128 valence electrons. The summed E-state index contributed by atoms with van der Waals surface area (Å²) in [5.74, 6) is 1.72. The first kappa shape index (κ1) is 16.6. The van der Waals surface area contributed by atoms with Gasteiger partial charge in [-0.25, -0.2) is 13.1 Å². The predicted molar refractivity (Wildman–Crippen MR) is 89.2 cm³/mol. The molecule has 0 spiro atoms. The Morgan fingerprint density at radius 3 is 2.54 bits per heavy atom. The lowest BCUT2D eigenvalue weighted by atomic mass is 10.3. The lowest BCUT2D eigenvalue weighted by Crippen LogP contribution is -2.28. The summed E-state index contributed by atoms with van der Waals surface area (Å²) in [7, 11) is -3.63. The molecule has 0 radical (unpaired) electrons. The second kappa shape index (κ2) is 7.55. The van der Waals surface area contributed by atoms with Gasteiger partial charge in [-0.3, -0.25) is 0 Å². The minimum absolute atomic E-state index is 0.145. The molecular weight excluding hydrogens is 330 g/mol. The van der Waals surface area contributed by atoms with E-state index in [2.05, 4.69) is 4.72 Å². The van der Waals surface area contributed by atoms with Crippen molar-refractivity contribution >= 4 is 10.0 Å². The Hall–Kier alpha value is -2.25. The van der Waals surface area contributed by atoms with Crippen LogP contribution in [0.5, 0.6) is 17.2 Å². The van der Waals surface area contributed by atoms with E-state index >= 15 is 0 Å². The standard InChI is InChI=1S/C17H19NO5S/c19-24(20,18-9-12-21-14-5-2-1-3-6-14)15-7-8-16-17(13-15)23-11-4-10-22-16/h1-3,5-8,13,18H,4,9-12H2. The molecule has 2 aromatic carbocycles. The third-order valence-electron chi connectivity index (χ3n) is 3.44. The average molecular weight is 349 g/mol. The quantitative estimate of drug-likeness (QED) is 0.810. The molecule has 2 aromatic rings. The van der Waals surface area contributed by atoms with Crippen LogP contribution in [-0.4, -0.2) is 34.8 Å². The minimum Gasteiger partial charge on any atom is -0.492 e. The number of hydrogen-bond acceptors (Lipinski definition) is 5. The van der Waals surface area contributed by atoms with Crippen molar-refractivity contribution in [2.75, 3.05) is 26.4 Å². The average Bonchev–Trinajstić information content (AvgIpc) is 2.84. The maximum Gasteiger partial charge on any atom is 0.240 e. The SMILES string of the molecule is O=S(=O)(NCCOc1ccccc1)c1ccc2c(c1)OCCCO2. The molecule has 3 rings (SSSR count).